The fraction of sp³-hybridized carbons (Fsp3) is 0.812. The lowest BCUT2D eigenvalue weighted by atomic mass is 10.0. The Morgan fingerprint density at radius 3 is 2.43 bits per heavy atom. The number of aryl methyl sites for hydroxylation is 2. The Labute approximate surface area is 138 Å². The summed E-state index contributed by atoms with van der Waals surface area (Å²) >= 11 is 3.72. The highest BCUT2D eigenvalue weighted by molar-refractivity contribution is 9.10. The zero-order chi connectivity index (χ0) is 16.0. The highest BCUT2D eigenvalue weighted by atomic mass is 79.9. The van der Waals surface area contributed by atoms with Gasteiger partial charge in [0.2, 0.25) is 0 Å². The summed E-state index contributed by atoms with van der Waals surface area (Å²) in [5, 5.41) is 8.39. The third kappa shape index (κ3) is 5.72. The van der Waals surface area contributed by atoms with E-state index in [0.717, 1.165) is 31.7 Å². The minimum atomic E-state index is 0.511. The Morgan fingerprint density at radius 1 is 1.29 bits per heavy atom. The van der Waals surface area contributed by atoms with Crippen molar-refractivity contribution in [3.63, 3.8) is 0 Å². The van der Waals surface area contributed by atoms with Gasteiger partial charge in [-0.15, -0.1) is 0 Å². The molecule has 0 amide bonds. The van der Waals surface area contributed by atoms with Crippen LogP contribution in [0.1, 0.15) is 45.5 Å². The second-order valence-electron chi connectivity index (χ2n) is 6.35. The molecule has 0 aliphatic carbocycles. The maximum Gasteiger partial charge on any atom is 0.0767 e. The van der Waals surface area contributed by atoms with Gasteiger partial charge in [0.15, 0.2) is 0 Å². The zero-order valence-electron chi connectivity index (χ0n) is 14.4. The van der Waals surface area contributed by atoms with E-state index in [2.05, 4.69) is 77.7 Å². The van der Waals surface area contributed by atoms with Crippen molar-refractivity contribution in [2.45, 2.75) is 59.7 Å². The van der Waals surface area contributed by atoms with E-state index in [0.29, 0.717) is 12.0 Å². The first-order valence-corrected chi connectivity index (χ1v) is 8.80. The van der Waals surface area contributed by atoms with Crippen molar-refractivity contribution in [2.75, 3.05) is 20.6 Å². The Balaban J connectivity index is 2.76. The van der Waals surface area contributed by atoms with E-state index in [1.807, 2.05) is 0 Å². The highest BCUT2D eigenvalue weighted by Gasteiger charge is 2.17. The molecule has 1 rings (SSSR count). The number of hydrogen-bond acceptors (Lipinski definition) is 3. The van der Waals surface area contributed by atoms with Crippen LogP contribution in [0.4, 0.5) is 0 Å². The molecule has 0 aliphatic heterocycles. The molecule has 0 spiro atoms. The van der Waals surface area contributed by atoms with Gasteiger partial charge in [-0.05, 0) is 55.7 Å². The van der Waals surface area contributed by atoms with E-state index in [9.17, 15) is 0 Å². The van der Waals surface area contributed by atoms with Crippen molar-refractivity contribution >= 4 is 15.9 Å². The highest BCUT2D eigenvalue weighted by Crippen LogP contribution is 2.22. The van der Waals surface area contributed by atoms with Gasteiger partial charge in [-0.2, -0.15) is 5.10 Å². The predicted molar refractivity (Wildman–Crippen MR) is 93.6 cm³/mol. The molecule has 0 saturated carbocycles. The first-order chi connectivity index (χ1) is 9.88. The average Bonchev–Trinajstić information content (AvgIpc) is 2.70. The molecule has 0 bridgehead atoms. The van der Waals surface area contributed by atoms with Crippen molar-refractivity contribution in [2.24, 2.45) is 5.92 Å². The quantitative estimate of drug-likeness (QED) is 0.735. The van der Waals surface area contributed by atoms with Gasteiger partial charge in [0.25, 0.3) is 0 Å². The summed E-state index contributed by atoms with van der Waals surface area (Å²) in [7, 11) is 4.27. The summed E-state index contributed by atoms with van der Waals surface area (Å²) in [6, 6.07) is 0.511. The van der Waals surface area contributed by atoms with Crippen LogP contribution in [0.25, 0.3) is 0 Å². The summed E-state index contributed by atoms with van der Waals surface area (Å²) in [5.41, 5.74) is 2.42. The first-order valence-electron chi connectivity index (χ1n) is 8.01. The molecule has 1 unspecified atom stereocenters. The molecule has 1 heterocycles. The summed E-state index contributed by atoms with van der Waals surface area (Å²) in [6.45, 7) is 11.7. The standard InChI is InChI=1S/C16H31BrN4/c1-7-14-16(17)15(21(8-2)19-14)10-18-13(9-12(3)4)11-20(5)6/h12-13,18H,7-11H2,1-6H3. The lowest BCUT2D eigenvalue weighted by Crippen LogP contribution is -2.39. The molecule has 0 saturated heterocycles. The molecule has 0 fully saturated rings. The summed E-state index contributed by atoms with van der Waals surface area (Å²) in [4.78, 5) is 2.25. The zero-order valence-corrected chi connectivity index (χ0v) is 16.0. The summed E-state index contributed by atoms with van der Waals surface area (Å²) in [6.07, 6.45) is 2.16. The second kappa shape index (κ2) is 8.91. The van der Waals surface area contributed by atoms with E-state index >= 15 is 0 Å². The lowest BCUT2D eigenvalue weighted by Gasteiger charge is -2.24. The van der Waals surface area contributed by atoms with Crippen LogP contribution < -0.4 is 5.32 Å². The normalized spacial score (nSPS) is 13.4. The number of rotatable bonds is 9. The first kappa shape index (κ1) is 18.7. The largest absolute Gasteiger partial charge is 0.308 e. The fourth-order valence-corrected chi connectivity index (χ4v) is 3.36. The van der Waals surface area contributed by atoms with Crippen LogP contribution in [0.3, 0.4) is 0 Å². The van der Waals surface area contributed by atoms with Crippen molar-refractivity contribution in [3.05, 3.63) is 15.9 Å². The molecule has 0 aliphatic rings. The Bertz CT molecular complexity index is 416. The van der Waals surface area contributed by atoms with Gasteiger partial charge in [-0.3, -0.25) is 4.68 Å². The van der Waals surface area contributed by atoms with Crippen molar-refractivity contribution in [1.82, 2.24) is 20.0 Å². The minimum Gasteiger partial charge on any atom is -0.308 e. The molecular formula is C16H31BrN4. The number of aromatic nitrogens is 2. The van der Waals surface area contributed by atoms with Crippen LogP contribution in [0.2, 0.25) is 0 Å². The molecule has 0 radical (unpaired) electrons. The van der Waals surface area contributed by atoms with Gasteiger partial charge in [0.1, 0.15) is 0 Å². The van der Waals surface area contributed by atoms with Crippen LogP contribution in [-0.4, -0.2) is 41.4 Å². The van der Waals surface area contributed by atoms with E-state index in [1.165, 1.54) is 16.6 Å². The monoisotopic (exact) mass is 358 g/mol. The van der Waals surface area contributed by atoms with Crippen molar-refractivity contribution < 1.29 is 0 Å². The van der Waals surface area contributed by atoms with Gasteiger partial charge >= 0.3 is 0 Å². The van der Waals surface area contributed by atoms with Crippen LogP contribution in [0.15, 0.2) is 4.47 Å². The fourth-order valence-electron chi connectivity index (χ4n) is 2.66. The summed E-state index contributed by atoms with van der Waals surface area (Å²) < 4.78 is 3.28. The second-order valence-corrected chi connectivity index (χ2v) is 7.14. The number of likely N-dealkylation sites (N-methyl/N-ethyl adjacent to an activating group) is 1. The SMILES string of the molecule is CCc1nn(CC)c(CNC(CC(C)C)CN(C)C)c1Br. The van der Waals surface area contributed by atoms with E-state index in [-0.39, 0.29) is 0 Å². The maximum atomic E-state index is 4.67. The molecule has 5 heteroatoms. The third-order valence-electron chi connectivity index (χ3n) is 3.59. The van der Waals surface area contributed by atoms with Gasteiger partial charge in [0, 0.05) is 25.7 Å². The number of nitrogens with zero attached hydrogens (tertiary/aromatic N) is 3. The molecule has 0 aromatic carbocycles. The number of nitrogens with one attached hydrogen (secondary N) is 1. The van der Waals surface area contributed by atoms with Gasteiger partial charge in [-0.1, -0.05) is 20.8 Å². The van der Waals surface area contributed by atoms with Crippen molar-refractivity contribution in [1.29, 1.82) is 0 Å². The molecule has 1 aromatic rings. The predicted octanol–water partition coefficient (Wildman–Crippen LogP) is 3.29. The topological polar surface area (TPSA) is 33.1 Å². The van der Waals surface area contributed by atoms with Crippen molar-refractivity contribution in [3.8, 4) is 0 Å². The van der Waals surface area contributed by atoms with Crippen LogP contribution in [0.5, 0.6) is 0 Å². The molecule has 4 nitrogen and oxygen atoms in total. The molecule has 1 atom stereocenters. The smallest absolute Gasteiger partial charge is 0.0767 e. The van der Waals surface area contributed by atoms with E-state index in [4.69, 9.17) is 0 Å². The Kier molecular flexibility index (Phi) is 7.92. The molecule has 21 heavy (non-hydrogen) atoms. The molecule has 122 valence electrons. The van der Waals surface area contributed by atoms with E-state index < -0.39 is 0 Å². The maximum absolute atomic E-state index is 4.67. The van der Waals surface area contributed by atoms with Crippen LogP contribution >= 0.6 is 15.9 Å². The van der Waals surface area contributed by atoms with Crippen LogP contribution in [0, 0.1) is 5.92 Å². The number of hydrogen-bond donors (Lipinski definition) is 1. The Hall–Kier alpha value is -0.390. The molecule has 1 aromatic heterocycles. The molecular weight excluding hydrogens is 328 g/mol. The van der Waals surface area contributed by atoms with Gasteiger partial charge < -0.3 is 10.2 Å². The molecule has 1 N–H and O–H groups in total. The Morgan fingerprint density at radius 2 is 1.95 bits per heavy atom. The van der Waals surface area contributed by atoms with Gasteiger partial charge in [-0.25, -0.2) is 0 Å². The lowest BCUT2D eigenvalue weighted by molar-refractivity contribution is 0.303. The average molecular weight is 359 g/mol. The van der Waals surface area contributed by atoms with Crippen LogP contribution in [-0.2, 0) is 19.5 Å². The third-order valence-corrected chi connectivity index (χ3v) is 4.51. The summed E-state index contributed by atoms with van der Waals surface area (Å²) in [5.74, 6) is 0.702. The van der Waals surface area contributed by atoms with E-state index in [1.54, 1.807) is 0 Å². The minimum absolute atomic E-state index is 0.511. The number of halogens is 1. The van der Waals surface area contributed by atoms with Gasteiger partial charge in [0.05, 0.1) is 15.9 Å².